The van der Waals surface area contributed by atoms with Gasteiger partial charge in [-0.2, -0.15) is 0 Å². The molecule has 0 aliphatic rings. The van der Waals surface area contributed by atoms with E-state index >= 15 is 0 Å². The number of hydrogen-bond donors (Lipinski definition) is 0. The van der Waals surface area contributed by atoms with E-state index in [2.05, 4.69) is 78.0 Å². The molecule has 0 atom stereocenters. The molecule has 0 aromatic heterocycles. The summed E-state index contributed by atoms with van der Waals surface area (Å²) in [5.74, 6) is 0. The Morgan fingerprint density at radius 3 is 1.60 bits per heavy atom. The van der Waals surface area contributed by atoms with Crippen molar-refractivity contribution in [3.63, 3.8) is 0 Å². The van der Waals surface area contributed by atoms with E-state index in [0.29, 0.717) is 0 Å². The highest BCUT2D eigenvalue weighted by Crippen LogP contribution is 2.34. The Labute approximate surface area is 123 Å². The van der Waals surface area contributed by atoms with Gasteiger partial charge in [0.2, 0.25) is 0 Å². The summed E-state index contributed by atoms with van der Waals surface area (Å²) in [5, 5.41) is 0. The number of rotatable bonds is 2. The highest BCUT2D eigenvalue weighted by atomic mass is 14.2. The molecule has 0 amide bonds. The Morgan fingerprint density at radius 1 is 0.700 bits per heavy atom. The van der Waals surface area contributed by atoms with Gasteiger partial charge < -0.3 is 0 Å². The first kappa shape index (κ1) is 14.6. The molecule has 0 N–H and O–H groups in total. The summed E-state index contributed by atoms with van der Waals surface area (Å²) in [6.45, 7) is 13.3. The van der Waals surface area contributed by atoms with Crippen LogP contribution in [0.15, 0.2) is 36.4 Å². The zero-order valence-electron chi connectivity index (χ0n) is 13.5. The highest BCUT2D eigenvalue weighted by Gasteiger charge is 2.15. The fourth-order valence-electron chi connectivity index (χ4n) is 2.98. The van der Waals surface area contributed by atoms with Gasteiger partial charge in [-0.1, -0.05) is 36.4 Å². The minimum atomic E-state index is 1.30. The Morgan fingerprint density at radius 2 is 1.15 bits per heavy atom. The molecule has 0 saturated carbocycles. The van der Waals surface area contributed by atoms with Crippen molar-refractivity contribution >= 4 is 5.57 Å². The van der Waals surface area contributed by atoms with Crippen LogP contribution >= 0.6 is 0 Å². The monoisotopic (exact) mass is 264 g/mol. The average Bonchev–Trinajstić information content (AvgIpc) is 2.48. The third-order valence-electron chi connectivity index (χ3n) is 4.64. The van der Waals surface area contributed by atoms with Gasteiger partial charge in [0.05, 0.1) is 0 Å². The van der Waals surface area contributed by atoms with Crippen LogP contribution in [0.1, 0.15) is 45.9 Å². The lowest BCUT2D eigenvalue weighted by atomic mass is 9.84. The molecule has 0 aliphatic heterocycles. The SMILES string of the molecule is C/C=C(/c1ccccc1)c1c(C)c(C)c(C)c(C)c1C. The van der Waals surface area contributed by atoms with Gasteiger partial charge in [0.25, 0.3) is 0 Å². The van der Waals surface area contributed by atoms with Crippen LogP contribution in [-0.4, -0.2) is 0 Å². The predicted octanol–water partition coefficient (Wildman–Crippen LogP) is 5.68. The van der Waals surface area contributed by atoms with E-state index in [9.17, 15) is 0 Å². The van der Waals surface area contributed by atoms with Gasteiger partial charge in [0.1, 0.15) is 0 Å². The molecule has 0 radical (unpaired) electrons. The number of allylic oxidation sites excluding steroid dienone is 1. The quantitative estimate of drug-likeness (QED) is 0.654. The van der Waals surface area contributed by atoms with Crippen LogP contribution < -0.4 is 0 Å². The second-order valence-corrected chi connectivity index (χ2v) is 5.57. The van der Waals surface area contributed by atoms with Crippen molar-refractivity contribution in [1.82, 2.24) is 0 Å². The van der Waals surface area contributed by atoms with Gasteiger partial charge in [-0.05, 0) is 86.1 Å². The molecule has 2 aromatic rings. The second kappa shape index (κ2) is 5.66. The minimum absolute atomic E-state index is 1.30. The number of benzene rings is 2. The Hall–Kier alpha value is -1.82. The Bertz CT molecular complexity index is 629. The standard InChI is InChI=1S/C20H24/c1-7-19(18-11-9-8-10-12-18)20-16(5)14(3)13(2)15(4)17(20)6/h7-12H,1-6H3/b19-7-. The lowest BCUT2D eigenvalue weighted by molar-refractivity contribution is 1.16. The second-order valence-electron chi connectivity index (χ2n) is 5.57. The molecule has 0 bridgehead atoms. The summed E-state index contributed by atoms with van der Waals surface area (Å²) >= 11 is 0. The number of hydrogen-bond acceptors (Lipinski definition) is 0. The first-order valence-corrected chi connectivity index (χ1v) is 7.28. The fourth-order valence-corrected chi connectivity index (χ4v) is 2.98. The molecule has 20 heavy (non-hydrogen) atoms. The van der Waals surface area contributed by atoms with Gasteiger partial charge in [-0.15, -0.1) is 0 Å². The van der Waals surface area contributed by atoms with Gasteiger partial charge in [0.15, 0.2) is 0 Å². The van der Waals surface area contributed by atoms with Crippen LogP contribution in [0.3, 0.4) is 0 Å². The van der Waals surface area contributed by atoms with Gasteiger partial charge in [0, 0.05) is 0 Å². The summed E-state index contributed by atoms with van der Waals surface area (Å²) in [4.78, 5) is 0. The van der Waals surface area contributed by atoms with Gasteiger partial charge in [-0.25, -0.2) is 0 Å². The Kier molecular flexibility index (Phi) is 4.13. The maximum atomic E-state index is 2.25. The molecule has 2 aromatic carbocycles. The van der Waals surface area contributed by atoms with Crippen molar-refractivity contribution in [3.8, 4) is 0 Å². The smallest absolute Gasteiger partial charge is 0.0117 e. The highest BCUT2D eigenvalue weighted by molar-refractivity contribution is 5.84. The van der Waals surface area contributed by atoms with E-state index in [1.165, 1.54) is 44.5 Å². The third-order valence-corrected chi connectivity index (χ3v) is 4.64. The van der Waals surface area contributed by atoms with Crippen LogP contribution in [0.25, 0.3) is 5.57 Å². The molecule has 0 nitrogen and oxygen atoms in total. The zero-order valence-corrected chi connectivity index (χ0v) is 13.5. The van der Waals surface area contributed by atoms with Crippen LogP contribution in [0, 0.1) is 34.6 Å². The van der Waals surface area contributed by atoms with Gasteiger partial charge in [-0.3, -0.25) is 0 Å². The van der Waals surface area contributed by atoms with Crippen molar-refractivity contribution in [3.05, 3.63) is 75.4 Å². The lowest BCUT2D eigenvalue weighted by Crippen LogP contribution is -2.03. The normalized spacial score (nSPS) is 11.8. The molecule has 0 saturated heterocycles. The first-order valence-electron chi connectivity index (χ1n) is 7.28. The molecule has 0 unspecified atom stereocenters. The molecular formula is C20H24. The molecule has 2 rings (SSSR count). The van der Waals surface area contributed by atoms with Crippen molar-refractivity contribution < 1.29 is 0 Å². The first-order chi connectivity index (χ1) is 9.49. The average molecular weight is 264 g/mol. The molecule has 0 heterocycles. The van der Waals surface area contributed by atoms with E-state index in [-0.39, 0.29) is 0 Å². The van der Waals surface area contributed by atoms with E-state index in [1.54, 1.807) is 0 Å². The molecule has 0 aliphatic carbocycles. The van der Waals surface area contributed by atoms with Crippen LogP contribution in [0.5, 0.6) is 0 Å². The van der Waals surface area contributed by atoms with Crippen LogP contribution in [0.4, 0.5) is 0 Å². The molecule has 0 heteroatoms. The molecule has 0 spiro atoms. The Balaban J connectivity index is 2.76. The van der Waals surface area contributed by atoms with E-state index in [4.69, 9.17) is 0 Å². The summed E-state index contributed by atoms with van der Waals surface area (Å²) in [6.07, 6.45) is 2.24. The van der Waals surface area contributed by atoms with Crippen molar-refractivity contribution in [2.75, 3.05) is 0 Å². The van der Waals surface area contributed by atoms with Crippen molar-refractivity contribution in [1.29, 1.82) is 0 Å². The maximum Gasteiger partial charge on any atom is -0.0117 e. The molecule has 0 fully saturated rings. The fraction of sp³-hybridized carbons (Fsp3) is 0.300. The van der Waals surface area contributed by atoms with Crippen molar-refractivity contribution in [2.24, 2.45) is 0 Å². The van der Waals surface area contributed by atoms with E-state index in [0.717, 1.165) is 0 Å². The summed E-state index contributed by atoms with van der Waals surface area (Å²) in [6, 6.07) is 10.7. The van der Waals surface area contributed by atoms with E-state index < -0.39 is 0 Å². The predicted molar refractivity (Wildman–Crippen MR) is 89.3 cm³/mol. The van der Waals surface area contributed by atoms with E-state index in [1.807, 2.05) is 0 Å². The lowest BCUT2D eigenvalue weighted by Gasteiger charge is -2.21. The van der Waals surface area contributed by atoms with Gasteiger partial charge >= 0.3 is 0 Å². The third kappa shape index (κ3) is 2.31. The van der Waals surface area contributed by atoms with Crippen LogP contribution in [-0.2, 0) is 0 Å². The molecule has 104 valence electrons. The summed E-state index contributed by atoms with van der Waals surface area (Å²) < 4.78 is 0. The zero-order chi connectivity index (χ0) is 14.9. The maximum absolute atomic E-state index is 2.25. The molecular weight excluding hydrogens is 240 g/mol. The summed E-state index contributed by atoms with van der Waals surface area (Å²) in [5.41, 5.74) is 11.1. The topological polar surface area (TPSA) is 0 Å². The van der Waals surface area contributed by atoms with Crippen LogP contribution in [0.2, 0.25) is 0 Å². The largest absolute Gasteiger partial charge is 0.0792 e. The minimum Gasteiger partial charge on any atom is -0.0792 e. The van der Waals surface area contributed by atoms with Crippen molar-refractivity contribution in [2.45, 2.75) is 41.5 Å². The summed E-state index contributed by atoms with van der Waals surface area (Å²) in [7, 11) is 0.